The van der Waals surface area contributed by atoms with E-state index in [0.717, 1.165) is 10.8 Å². The van der Waals surface area contributed by atoms with Gasteiger partial charge in [-0.25, -0.2) is 14.8 Å². The monoisotopic (exact) mass is 246 g/mol. The summed E-state index contributed by atoms with van der Waals surface area (Å²) in [6, 6.07) is 1.59. The zero-order valence-corrected chi connectivity index (χ0v) is 9.58. The van der Waals surface area contributed by atoms with E-state index in [9.17, 15) is 14.4 Å². The molecule has 0 bridgehead atoms. The number of rotatable bonds is 3. The summed E-state index contributed by atoms with van der Waals surface area (Å²) in [5, 5.41) is 0. The highest BCUT2D eigenvalue weighted by Crippen LogP contribution is 1.93. The van der Waals surface area contributed by atoms with Gasteiger partial charge in [0.2, 0.25) is 0 Å². The topological polar surface area (TPSA) is 97.7 Å². The predicted octanol–water partition coefficient (Wildman–Crippen LogP) is -0.422. The smallest absolute Gasteiger partial charge is 0.313 e. The highest BCUT2D eigenvalue weighted by Gasteiger charge is 2.11. The Hall–Kier alpha value is -2.57. The number of H-pyrrole nitrogens is 1. The van der Waals surface area contributed by atoms with Crippen molar-refractivity contribution in [3.05, 3.63) is 56.9 Å². The lowest BCUT2D eigenvalue weighted by atomic mass is 10.2. The molecule has 0 atom stereocenters. The fraction of sp³-hybridized carbons (Fsp3) is 0.182. The van der Waals surface area contributed by atoms with Crippen molar-refractivity contribution in [1.29, 1.82) is 0 Å². The van der Waals surface area contributed by atoms with Gasteiger partial charge in [-0.15, -0.1) is 0 Å². The van der Waals surface area contributed by atoms with Gasteiger partial charge >= 0.3 is 5.69 Å². The maximum Gasteiger partial charge on any atom is 0.328 e. The molecule has 0 fully saturated rings. The minimum Gasteiger partial charge on any atom is -0.313 e. The van der Waals surface area contributed by atoms with Gasteiger partial charge in [-0.05, 0) is 13.0 Å². The second-order valence-electron chi connectivity index (χ2n) is 3.66. The molecule has 1 N–H and O–H groups in total. The third-order valence-electron chi connectivity index (χ3n) is 2.40. The van der Waals surface area contributed by atoms with Gasteiger partial charge in [0.1, 0.15) is 6.33 Å². The van der Waals surface area contributed by atoms with Crippen molar-refractivity contribution in [3.8, 4) is 0 Å². The molecule has 7 heteroatoms. The lowest BCUT2D eigenvalue weighted by Crippen LogP contribution is -2.38. The molecule has 0 radical (unpaired) electrons. The zero-order valence-electron chi connectivity index (χ0n) is 9.58. The minimum atomic E-state index is -0.620. The molecule has 0 saturated carbocycles. The van der Waals surface area contributed by atoms with Crippen LogP contribution >= 0.6 is 0 Å². The van der Waals surface area contributed by atoms with Crippen LogP contribution in [0.5, 0.6) is 0 Å². The zero-order chi connectivity index (χ0) is 13.1. The first-order valence-corrected chi connectivity index (χ1v) is 5.18. The molecule has 0 unspecified atom stereocenters. The van der Waals surface area contributed by atoms with Crippen LogP contribution in [0.2, 0.25) is 0 Å². The van der Waals surface area contributed by atoms with Crippen LogP contribution in [-0.2, 0) is 6.54 Å². The van der Waals surface area contributed by atoms with Crippen LogP contribution in [0.3, 0.4) is 0 Å². The summed E-state index contributed by atoms with van der Waals surface area (Å²) in [5.41, 5.74) is -0.740. The fourth-order valence-electron chi connectivity index (χ4n) is 1.48. The number of nitrogens with zero attached hydrogens (tertiary/aromatic N) is 3. The first kappa shape index (κ1) is 11.9. The van der Waals surface area contributed by atoms with Gasteiger partial charge in [0.15, 0.2) is 5.78 Å². The summed E-state index contributed by atoms with van der Waals surface area (Å²) in [5.74, 6) is -0.396. The summed E-state index contributed by atoms with van der Waals surface area (Å²) in [6.07, 6.45) is 3.96. The van der Waals surface area contributed by atoms with E-state index < -0.39 is 17.0 Å². The summed E-state index contributed by atoms with van der Waals surface area (Å²) in [7, 11) is 0. The Morgan fingerprint density at radius 2 is 2.22 bits per heavy atom. The number of ketones is 1. The standard InChI is InChI=1S/C11H10N4O3/c1-7(16)9-4-13-11(18)15(10(9)17)5-8-2-3-12-6-14-8/h2-4,6H,5H2,1H3,(H,13,18). The van der Waals surface area contributed by atoms with Crippen molar-refractivity contribution in [1.82, 2.24) is 19.5 Å². The molecular weight excluding hydrogens is 236 g/mol. The second-order valence-corrected chi connectivity index (χ2v) is 3.66. The minimum absolute atomic E-state index is 0.00218. The first-order chi connectivity index (χ1) is 8.59. The van der Waals surface area contributed by atoms with Gasteiger partial charge in [0.25, 0.3) is 5.56 Å². The molecule has 2 rings (SSSR count). The molecule has 0 aliphatic heterocycles. The maximum absolute atomic E-state index is 11.9. The Bertz CT molecular complexity index is 687. The van der Waals surface area contributed by atoms with Crippen LogP contribution < -0.4 is 11.2 Å². The van der Waals surface area contributed by atoms with Crippen LogP contribution in [0.4, 0.5) is 0 Å². The van der Waals surface area contributed by atoms with Gasteiger partial charge in [-0.1, -0.05) is 0 Å². The summed E-state index contributed by atoms with van der Waals surface area (Å²) < 4.78 is 0.930. The summed E-state index contributed by atoms with van der Waals surface area (Å²) in [6.45, 7) is 1.27. The van der Waals surface area contributed by atoms with Gasteiger partial charge in [0.05, 0.1) is 17.8 Å². The first-order valence-electron chi connectivity index (χ1n) is 5.18. The summed E-state index contributed by atoms with van der Waals surface area (Å²) in [4.78, 5) is 44.7. The molecule has 0 saturated heterocycles. The van der Waals surface area contributed by atoms with Crippen molar-refractivity contribution in [2.75, 3.05) is 0 Å². The largest absolute Gasteiger partial charge is 0.328 e. The van der Waals surface area contributed by atoms with Crippen molar-refractivity contribution in [2.45, 2.75) is 13.5 Å². The molecule has 2 heterocycles. The van der Waals surface area contributed by atoms with Gasteiger partial charge < -0.3 is 4.98 Å². The normalized spacial score (nSPS) is 10.3. The molecule has 7 nitrogen and oxygen atoms in total. The van der Waals surface area contributed by atoms with Gasteiger partial charge in [0, 0.05) is 12.4 Å². The molecule has 18 heavy (non-hydrogen) atoms. The number of carbonyl (C=O) groups excluding carboxylic acids is 1. The molecule has 0 amide bonds. The van der Waals surface area contributed by atoms with E-state index in [-0.39, 0.29) is 12.1 Å². The van der Waals surface area contributed by atoms with Crippen molar-refractivity contribution in [3.63, 3.8) is 0 Å². The number of hydrogen-bond acceptors (Lipinski definition) is 5. The van der Waals surface area contributed by atoms with E-state index in [0.29, 0.717) is 5.69 Å². The quantitative estimate of drug-likeness (QED) is 0.741. The average Bonchev–Trinajstić information content (AvgIpc) is 2.35. The molecule has 0 spiro atoms. The van der Waals surface area contributed by atoms with Crippen LogP contribution in [0.15, 0.2) is 34.4 Å². The van der Waals surface area contributed by atoms with Crippen LogP contribution in [0.1, 0.15) is 23.0 Å². The molecule has 2 aromatic rings. The lowest BCUT2D eigenvalue weighted by molar-refractivity contribution is 0.101. The van der Waals surface area contributed by atoms with E-state index in [1.807, 2.05) is 0 Å². The Morgan fingerprint density at radius 3 is 2.83 bits per heavy atom. The molecular formula is C11H10N4O3. The Morgan fingerprint density at radius 1 is 1.44 bits per heavy atom. The predicted molar refractivity (Wildman–Crippen MR) is 62.5 cm³/mol. The van der Waals surface area contributed by atoms with E-state index in [1.165, 1.54) is 19.4 Å². The van der Waals surface area contributed by atoms with Crippen LogP contribution in [-0.4, -0.2) is 25.3 Å². The van der Waals surface area contributed by atoms with Crippen LogP contribution in [0, 0.1) is 0 Å². The second kappa shape index (κ2) is 4.74. The SMILES string of the molecule is CC(=O)c1c[nH]c(=O)n(Cc2ccncn2)c1=O. The molecule has 92 valence electrons. The number of hydrogen-bond donors (Lipinski definition) is 1. The third kappa shape index (κ3) is 2.24. The Balaban J connectivity index is 2.51. The number of carbonyl (C=O) groups is 1. The van der Waals surface area contributed by atoms with E-state index in [2.05, 4.69) is 15.0 Å². The highest BCUT2D eigenvalue weighted by molar-refractivity contribution is 5.93. The molecule has 0 aromatic carbocycles. The third-order valence-corrected chi connectivity index (χ3v) is 2.40. The van der Waals surface area contributed by atoms with E-state index in [4.69, 9.17) is 0 Å². The van der Waals surface area contributed by atoms with Crippen molar-refractivity contribution < 1.29 is 4.79 Å². The Labute approximate surface area is 101 Å². The summed E-state index contributed by atoms with van der Waals surface area (Å²) >= 11 is 0. The molecule has 2 aromatic heterocycles. The number of nitrogens with one attached hydrogen (secondary N) is 1. The van der Waals surface area contributed by atoms with Crippen molar-refractivity contribution in [2.24, 2.45) is 0 Å². The number of aromatic nitrogens is 4. The number of aromatic amines is 1. The molecule has 0 aliphatic rings. The van der Waals surface area contributed by atoms with E-state index in [1.54, 1.807) is 6.07 Å². The Kier molecular flexibility index (Phi) is 3.13. The van der Waals surface area contributed by atoms with Gasteiger partial charge in [-0.3, -0.25) is 14.2 Å². The lowest BCUT2D eigenvalue weighted by Gasteiger charge is -2.04. The van der Waals surface area contributed by atoms with Crippen molar-refractivity contribution >= 4 is 5.78 Å². The van der Waals surface area contributed by atoms with E-state index >= 15 is 0 Å². The average molecular weight is 246 g/mol. The molecule has 0 aliphatic carbocycles. The number of Topliss-reactive ketones (excluding diaryl/α,β-unsaturated/α-hetero) is 1. The highest BCUT2D eigenvalue weighted by atomic mass is 16.2. The fourth-order valence-corrected chi connectivity index (χ4v) is 1.48. The maximum atomic E-state index is 11.9. The van der Waals surface area contributed by atoms with Crippen LogP contribution in [0.25, 0.3) is 0 Å². The van der Waals surface area contributed by atoms with Gasteiger partial charge in [-0.2, -0.15) is 0 Å².